The second-order valence-corrected chi connectivity index (χ2v) is 4.70. The molecule has 0 atom stereocenters. The van der Waals surface area contributed by atoms with Crippen molar-refractivity contribution < 1.29 is 9.53 Å². The Morgan fingerprint density at radius 1 is 1.38 bits per heavy atom. The molecular weight excluding hydrogens is 204 g/mol. The van der Waals surface area contributed by atoms with Gasteiger partial charge in [-0.3, -0.25) is 5.32 Å². The molecular formula is C12H18N2O2. The molecule has 0 aliphatic rings. The first-order valence-electron chi connectivity index (χ1n) is 5.14. The predicted molar refractivity (Wildman–Crippen MR) is 65.4 cm³/mol. The number of hydrogen-bond acceptors (Lipinski definition) is 3. The number of aryl methyl sites for hydroxylation is 1. The molecule has 16 heavy (non-hydrogen) atoms. The Morgan fingerprint density at radius 2 is 2.00 bits per heavy atom. The van der Waals surface area contributed by atoms with Crippen LogP contribution in [0.15, 0.2) is 18.2 Å². The predicted octanol–water partition coefficient (Wildman–Crippen LogP) is 2.92. The third-order valence-corrected chi connectivity index (χ3v) is 1.92. The van der Waals surface area contributed by atoms with Crippen LogP contribution in [0.25, 0.3) is 0 Å². The van der Waals surface area contributed by atoms with Gasteiger partial charge in [-0.05, 0) is 51.5 Å². The van der Waals surface area contributed by atoms with Gasteiger partial charge in [0.25, 0.3) is 0 Å². The molecule has 0 spiro atoms. The first kappa shape index (κ1) is 12.4. The van der Waals surface area contributed by atoms with Crippen LogP contribution >= 0.6 is 0 Å². The zero-order valence-corrected chi connectivity index (χ0v) is 10.1. The van der Waals surface area contributed by atoms with Crippen molar-refractivity contribution in [3.8, 4) is 0 Å². The zero-order valence-electron chi connectivity index (χ0n) is 10.1. The minimum Gasteiger partial charge on any atom is -0.444 e. The van der Waals surface area contributed by atoms with Crippen molar-refractivity contribution in [2.45, 2.75) is 33.3 Å². The van der Waals surface area contributed by atoms with Crippen LogP contribution in [0, 0.1) is 6.92 Å². The number of rotatable bonds is 1. The molecule has 0 aromatic heterocycles. The molecule has 0 unspecified atom stereocenters. The van der Waals surface area contributed by atoms with E-state index in [2.05, 4.69) is 5.32 Å². The van der Waals surface area contributed by atoms with Crippen LogP contribution in [0.4, 0.5) is 16.2 Å². The lowest BCUT2D eigenvalue weighted by atomic mass is 10.2. The highest BCUT2D eigenvalue weighted by molar-refractivity contribution is 5.85. The fraction of sp³-hybridized carbons (Fsp3) is 0.417. The Labute approximate surface area is 95.8 Å². The average Bonchev–Trinajstić information content (AvgIpc) is 2.08. The molecule has 3 N–H and O–H groups in total. The fourth-order valence-electron chi connectivity index (χ4n) is 1.17. The average molecular weight is 222 g/mol. The Balaban J connectivity index is 2.67. The van der Waals surface area contributed by atoms with Gasteiger partial charge in [0.15, 0.2) is 0 Å². The number of nitrogens with one attached hydrogen (secondary N) is 1. The van der Waals surface area contributed by atoms with Gasteiger partial charge in [-0.15, -0.1) is 0 Å². The number of carbonyl (C=O) groups is 1. The summed E-state index contributed by atoms with van der Waals surface area (Å²) in [5.74, 6) is 0. The van der Waals surface area contributed by atoms with Crippen LogP contribution < -0.4 is 11.1 Å². The van der Waals surface area contributed by atoms with Crippen molar-refractivity contribution in [3.05, 3.63) is 23.8 Å². The maximum atomic E-state index is 11.5. The molecule has 0 radical (unpaired) electrons. The lowest BCUT2D eigenvalue weighted by Gasteiger charge is -2.19. The van der Waals surface area contributed by atoms with Crippen molar-refractivity contribution in [2.24, 2.45) is 0 Å². The molecule has 4 heteroatoms. The van der Waals surface area contributed by atoms with Crippen LogP contribution in [0.5, 0.6) is 0 Å². The van der Waals surface area contributed by atoms with E-state index in [4.69, 9.17) is 10.5 Å². The number of nitrogen functional groups attached to an aromatic ring is 1. The molecule has 1 aromatic rings. The van der Waals surface area contributed by atoms with Gasteiger partial charge in [0.1, 0.15) is 5.60 Å². The number of carbonyl (C=O) groups excluding carboxylic acids is 1. The van der Waals surface area contributed by atoms with Gasteiger partial charge >= 0.3 is 6.09 Å². The van der Waals surface area contributed by atoms with Crippen molar-refractivity contribution in [3.63, 3.8) is 0 Å². The SMILES string of the molecule is Cc1cc(NC(=O)OC(C)(C)C)ccc1N. The highest BCUT2D eigenvalue weighted by Gasteiger charge is 2.16. The van der Waals surface area contributed by atoms with Crippen molar-refractivity contribution >= 4 is 17.5 Å². The van der Waals surface area contributed by atoms with Gasteiger partial charge in [0.05, 0.1) is 0 Å². The van der Waals surface area contributed by atoms with E-state index in [9.17, 15) is 4.79 Å². The Morgan fingerprint density at radius 3 is 2.50 bits per heavy atom. The molecule has 0 bridgehead atoms. The standard InChI is InChI=1S/C12H18N2O2/c1-8-7-9(5-6-10(8)13)14-11(15)16-12(2,3)4/h5-7H,13H2,1-4H3,(H,14,15). The number of nitrogens with two attached hydrogens (primary N) is 1. The highest BCUT2D eigenvalue weighted by atomic mass is 16.6. The van der Waals surface area contributed by atoms with Crippen LogP contribution in [0.2, 0.25) is 0 Å². The van der Waals surface area contributed by atoms with E-state index in [1.807, 2.05) is 27.7 Å². The summed E-state index contributed by atoms with van der Waals surface area (Å²) in [5.41, 5.74) is 7.49. The lowest BCUT2D eigenvalue weighted by Crippen LogP contribution is -2.27. The number of amides is 1. The largest absolute Gasteiger partial charge is 0.444 e. The Kier molecular flexibility index (Phi) is 3.42. The fourth-order valence-corrected chi connectivity index (χ4v) is 1.17. The van der Waals surface area contributed by atoms with Gasteiger partial charge in [-0.1, -0.05) is 0 Å². The molecule has 1 amide bonds. The summed E-state index contributed by atoms with van der Waals surface area (Å²) >= 11 is 0. The molecule has 0 heterocycles. The summed E-state index contributed by atoms with van der Waals surface area (Å²) in [6.45, 7) is 7.35. The summed E-state index contributed by atoms with van der Waals surface area (Å²) in [5, 5.41) is 2.65. The van der Waals surface area contributed by atoms with Crippen LogP contribution in [-0.4, -0.2) is 11.7 Å². The molecule has 1 rings (SSSR count). The third-order valence-electron chi connectivity index (χ3n) is 1.92. The molecule has 0 aliphatic heterocycles. The van der Waals surface area contributed by atoms with Crippen LogP contribution in [0.3, 0.4) is 0 Å². The second-order valence-electron chi connectivity index (χ2n) is 4.70. The van der Waals surface area contributed by atoms with Gasteiger partial charge in [-0.25, -0.2) is 4.79 Å². The van der Waals surface area contributed by atoms with Crippen molar-refractivity contribution in [1.82, 2.24) is 0 Å². The van der Waals surface area contributed by atoms with Gasteiger partial charge < -0.3 is 10.5 Å². The third kappa shape index (κ3) is 3.81. The molecule has 0 saturated heterocycles. The van der Waals surface area contributed by atoms with E-state index in [1.54, 1.807) is 18.2 Å². The highest BCUT2D eigenvalue weighted by Crippen LogP contribution is 2.17. The van der Waals surface area contributed by atoms with E-state index in [1.165, 1.54) is 0 Å². The van der Waals surface area contributed by atoms with E-state index in [0.29, 0.717) is 11.4 Å². The number of benzene rings is 1. The van der Waals surface area contributed by atoms with Crippen molar-refractivity contribution in [1.29, 1.82) is 0 Å². The topological polar surface area (TPSA) is 64.3 Å². The summed E-state index contributed by atoms with van der Waals surface area (Å²) in [6, 6.07) is 5.30. The molecule has 1 aromatic carbocycles. The lowest BCUT2D eigenvalue weighted by molar-refractivity contribution is 0.0636. The summed E-state index contributed by atoms with van der Waals surface area (Å²) in [6.07, 6.45) is -0.461. The minimum absolute atomic E-state index is 0.461. The van der Waals surface area contributed by atoms with Gasteiger partial charge in [-0.2, -0.15) is 0 Å². The number of hydrogen-bond donors (Lipinski definition) is 2. The molecule has 0 fully saturated rings. The van der Waals surface area contributed by atoms with Crippen molar-refractivity contribution in [2.75, 3.05) is 11.1 Å². The quantitative estimate of drug-likeness (QED) is 0.718. The molecule has 0 saturated carbocycles. The maximum absolute atomic E-state index is 11.5. The van der Waals surface area contributed by atoms with Gasteiger partial charge in [0.2, 0.25) is 0 Å². The number of ether oxygens (including phenoxy) is 1. The van der Waals surface area contributed by atoms with Gasteiger partial charge in [0, 0.05) is 11.4 Å². The first-order valence-corrected chi connectivity index (χ1v) is 5.14. The normalized spacial score (nSPS) is 11.0. The smallest absolute Gasteiger partial charge is 0.412 e. The Hall–Kier alpha value is -1.71. The minimum atomic E-state index is -0.493. The molecule has 4 nitrogen and oxygen atoms in total. The van der Waals surface area contributed by atoms with E-state index in [-0.39, 0.29) is 0 Å². The maximum Gasteiger partial charge on any atom is 0.412 e. The van der Waals surface area contributed by atoms with Crippen LogP contribution in [0.1, 0.15) is 26.3 Å². The zero-order chi connectivity index (χ0) is 12.3. The van der Waals surface area contributed by atoms with Crippen LogP contribution in [-0.2, 0) is 4.74 Å². The van der Waals surface area contributed by atoms with E-state index < -0.39 is 11.7 Å². The summed E-state index contributed by atoms with van der Waals surface area (Å²) < 4.78 is 5.13. The molecule has 0 aliphatic carbocycles. The Bertz CT molecular complexity index is 394. The second kappa shape index (κ2) is 4.43. The molecule has 88 valence electrons. The number of anilines is 2. The first-order chi connectivity index (χ1) is 7.28. The summed E-state index contributed by atoms with van der Waals surface area (Å²) in [4.78, 5) is 11.5. The van der Waals surface area contributed by atoms with E-state index in [0.717, 1.165) is 5.56 Å². The summed E-state index contributed by atoms with van der Waals surface area (Å²) in [7, 11) is 0. The monoisotopic (exact) mass is 222 g/mol. The van der Waals surface area contributed by atoms with E-state index >= 15 is 0 Å².